The molecular formula is C22H24ClFN2O3. The third-order valence-corrected chi connectivity index (χ3v) is 5.82. The third-order valence-electron chi connectivity index (χ3n) is 5.47. The molecule has 2 aromatic carbocycles. The molecule has 1 saturated heterocycles. The van der Waals surface area contributed by atoms with Gasteiger partial charge in [-0.15, -0.1) is 0 Å². The minimum absolute atomic E-state index is 0.147. The molecule has 2 heterocycles. The van der Waals surface area contributed by atoms with Gasteiger partial charge in [-0.25, -0.2) is 4.39 Å². The summed E-state index contributed by atoms with van der Waals surface area (Å²) in [5.74, 6) is 1.30. The second-order valence-corrected chi connectivity index (χ2v) is 8.01. The summed E-state index contributed by atoms with van der Waals surface area (Å²) in [6, 6.07) is 10.00. The Morgan fingerprint density at radius 2 is 2.03 bits per heavy atom. The summed E-state index contributed by atoms with van der Waals surface area (Å²) in [4.78, 5) is 14.6. The highest BCUT2D eigenvalue weighted by Crippen LogP contribution is 2.37. The van der Waals surface area contributed by atoms with E-state index in [-0.39, 0.29) is 18.4 Å². The minimum Gasteiger partial charge on any atom is -0.454 e. The van der Waals surface area contributed by atoms with Gasteiger partial charge in [0.2, 0.25) is 12.7 Å². The quantitative estimate of drug-likeness (QED) is 0.729. The number of benzene rings is 2. The highest BCUT2D eigenvalue weighted by Gasteiger charge is 2.23. The second kappa shape index (κ2) is 9.01. The molecule has 1 fully saturated rings. The number of hydrogen-bond donors (Lipinski definition) is 1. The molecule has 2 aliphatic rings. The Kier molecular flexibility index (Phi) is 6.21. The molecule has 1 unspecified atom stereocenters. The lowest BCUT2D eigenvalue weighted by Gasteiger charge is -2.33. The maximum Gasteiger partial charge on any atom is 0.231 e. The van der Waals surface area contributed by atoms with Crippen molar-refractivity contribution in [3.63, 3.8) is 0 Å². The zero-order valence-corrected chi connectivity index (χ0v) is 16.9. The first kappa shape index (κ1) is 20.0. The summed E-state index contributed by atoms with van der Waals surface area (Å²) >= 11 is 6.41. The van der Waals surface area contributed by atoms with Crippen LogP contribution >= 0.6 is 11.6 Å². The Labute approximate surface area is 174 Å². The number of hydrogen-bond acceptors (Lipinski definition) is 4. The van der Waals surface area contributed by atoms with Gasteiger partial charge < -0.3 is 14.8 Å². The molecule has 7 heteroatoms. The number of likely N-dealkylation sites (tertiary alicyclic amines) is 1. The van der Waals surface area contributed by atoms with E-state index in [1.165, 1.54) is 6.07 Å². The molecule has 2 aromatic rings. The van der Waals surface area contributed by atoms with Crippen molar-refractivity contribution in [2.45, 2.75) is 32.2 Å². The first-order valence-electron chi connectivity index (χ1n) is 9.93. The summed E-state index contributed by atoms with van der Waals surface area (Å²) in [7, 11) is 0. The average molecular weight is 419 g/mol. The van der Waals surface area contributed by atoms with Gasteiger partial charge in [0, 0.05) is 30.6 Å². The summed E-state index contributed by atoms with van der Waals surface area (Å²) in [5, 5.41) is 3.34. The molecule has 1 atom stereocenters. The number of rotatable bonds is 6. The van der Waals surface area contributed by atoms with Gasteiger partial charge in [0.25, 0.3) is 0 Å². The predicted molar refractivity (Wildman–Crippen MR) is 110 cm³/mol. The van der Waals surface area contributed by atoms with Crippen LogP contribution in [0.25, 0.3) is 0 Å². The lowest BCUT2D eigenvalue weighted by molar-refractivity contribution is -0.116. The summed E-state index contributed by atoms with van der Waals surface area (Å²) in [6.45, 7) is 2.89. The van der Waals surface area contributed by atoms with Gasteiger partial charge in [0.05, 0.1) is 5.69 Å². The van der Waals surface area contributed by atoms with Crippen LogP contribution in [0.15, 0.2) is 36.4 Å². The lowest BCUT2D eigenvalue weighted by Crippen LogP contribution is -2.35. The van der Waals surface area contributed by atoms with Crippen LogP contribution in [0.5, 0.6) is 11.5 Å². The van der Waals surface area contributed by atoms with Crippen molar-refractivity contribution < 1.29 is 18.7 Å². The smallest absolute Gasteiger partial charge is 0.231 e. The number of amides is 1. The Balaban J connectivity index is 1.29. The molecule has 5 nitrogen and oxygen atoms in total. The molecule has 0 spiro atoms. The maximum absolute atomic E-state index is 13.7. The molecule has 29 heavy (non-hydrogen) atoms. The molecule has 0 aliphatic carbocycles. The van der Waals surface area contributed by atoms with Crippen LogP contribution < -0.4 is 14.8 Å². The highest BCUT2D eigenvalue weighted by molar-refractivity contribution is 6.31. The van der Waals surface area contributed by atoms with Crippen molar-refractivity contribution in [3.05, 3.63) is 52.8 Å². The fraction of sp³-hybridized carbons (Fsp3) is 0.409. The van der Waals surface area contributed by atoms with Crippen molar-refractivity contribution in [2.24, 2.45) is 5.92 Å². The highest BCUT2D eigenvalue weighted by atomic mass is 35.5. The Bertz CT molecular complexity index is 892. The topological polar surface area (TPSA) is 50.8 Å². The van der Waals surface area contributed by atoms with Crippen molar-refractivity contribution in [3.8, 4) is 11.5 Å². The van der Waals surface area contributed by atoms with Crippen molar-refractivity contribution in [2.75, 3.05) is 25.2 Å². The van der Waals surface area contributed by atoms with Crippen LogP contribution in [0.3, 0.4) is 0 Å². The molecule has 2 aliphatic heterocycles. The molecule has 1 amide bonds. The van der Waals surface area contributed by atoms with Crippen molar-refractivity contribution in [1.29, 1.82) is 0 Å². The average Bonchev–Trinajstić information content (AvgIpc) is 3.16. The molecule has 0 aromatic heterocycles. The van der Waals surface area contributed by atoms with Gasteiger partial charge in [0.15, 0.2) is 11.5 Å². The molecule has 0 saturated carbocycles. The largest absolute Gasteiger partial charge is 0.454 e. The van der Waals surface area contributed by atoms with Gasteiger partial charge >= 0.3 is 0 Å². The van der Waals surface area contributed by atoms with Crippen LogP contribution in [0.2, 0.25) is 5.02 Å². The third kappa shape index (κ3) is 5.00. The number of carbonyl (C=O) groups excluding carboxylic acids is 1. The molecular weight excluding hydrogens is 395 g/mol. The number of fused-ring (bicyclic) bond motifs is 1. The number of carbonyl (C=O) groups is 1. The molecule has 154 valence electrons. The predicted octanol–water partition coefficient (Wildman–Crippen LogP) is 4.84. The first-order valence-corrected chi connectivity index (χ1v) is 10.3. The van der Waals surface area contributed by atoms with Crippen LogP contribution in [-0.4, -0.2) is 30.7 Å². The van der Waals surface area contributed by atoms with E-state index in [2.05, 4.69) is 10.2 Å². The zero-order chi connectivity index (χ0) is 20.2. The Hall–Kier alpha value is -2.31. The van der Waals surface area contributed by atoms with Gasteiger partial charge in [-0.05, 0) is 55.5 Å². The fourth-order valence-corrected chi connectivity index (χ4v) is 4.18. The van der Waals surface area contributed by atoms with Crippen LogP contribution in [0.4, 0.5) is 10.1 Å². The summed E-state index contributed by atoms with van der Waals surface area (Å²) < 4.78 is 24.5. The van der Waals surface area contributed by atoms with Gasteiger partial charge in [-0.3, -0.25) is 9.69 Å². The zero-order valence-electron chi connectivity index (χ0n) is 16.1. The van der Waals surface area contributed by atoms with E-state index in [9.17, 15) is 9.18 Å². The maximum atomic E-state index is 13.7. The van der Waals surface area contributed by atoms with Crippen molar-refractivity contribution in [1.82, 2.24) is 4.90 Å². The monoisotopic (exact) mass is 418 g/mol. The summed E-state index contributed by atoms with van der Waals surface area (Å²) in [5.41, 5.74) is 1.26. The SMILES string of the molecule is O=C(CCC1CCCN(Cc2cc3c(cc2Cl)OCO3)C1)Nc1ccccc1F. The Morgan fingerprint density at radius 1 is 1.24 bits per heavy atom. The number of piperidine rings is 1. The van der Waals surface area contributed by atoms with Gasteiger partial charge in [0.1, 0.15) is 5.82 Å². The van der Waals surface area contributed by atoms with Gasteiger partial charge in [-0.1, -0.05) is 23.7 Å². The Morgan fingerprint density at radius 3 is 2.86 bits per heavy atom. The standard InChI is InChI=1S/C22H24ClFN2O3/c23-17-11-21-20(28-14-29-21)10-16(17)13-26-9-3-4-15(12-26)7-8-22(27)25-19-6-2-1-5-18(19)24/h1-2,5-6,10-11,15H,3-4,7-9,12-14H2,(H,25,27). The summed E-state index contributed by atoms with van der Waals surface area (Å²) in [6.07, 6.45) is 3.35. The number of halogens is 2. The number of ether oxygens (including phenoxy) is 2. The number of anilines is 1. The van der Waals surface area contributed by atoms with E-state index in [4.69, 9.17) is 21.1 Å². The number of nitrogens with zero attached hydrogens (tertiary/aromatic N) is 1. The molecule has 4 rings (SSSR count). The first-order chi connectivity index (χ1) is 14.1. The molecule has 1 N–H and O–H groups in total. The normalized spacial score (nSPS) is 18.6. The van der Waals surface area contributed by atoms with Crippen LogP contribution in [-0.2, 0) is 11.3 Å². The van der Waals surface area contributed by atoms with E-state index in [1.54, 1.807) is 18.2 Å². The van der Waals surface area contributed by atoms with Crippen molar-refractivity contribution >= 4 is 23.2 Å². The van der Waals surface area contributed by atoms with Crippen LogP contribution in [0, 0.1) is 11.7 Å². The van der Waals surface area contributed by atoms with Crippen LogP contribution in [0.1, 0.15) is 31.2 Å². The van der Waals surface area contributed by atoms with E-state index in [1.807, 2.05) is 12.1 Å². The fourth-order valence-electron chi connectivity index (χ4n) is 3.96. The van der Waals surface area contributed by atoms with E-state index in [0.717, 1.165) is 50.2 Å². The van der Waals surface area contributed by atoms with E-state index < -0.39 is 5.82 Å². The number of para-hydroxylation sites is 1. The molecule has 0 bridgehead atoms. The van der Waals surface area contributed by atoms with Gasteiger partial charge in [-0.2, -0.15) is 0 Å². The number of nitrogens with one attached hydrogen (secondary N) is 1. The second-order valence-electron chi connectivity index (χ2n) is 7.61. The van der Waals surface area contributed by atoms with E-state index >= 15 is 0 Å². The minimum atomic E-state index is -0.412. The van der Waals surface area contributed by atoms with E-state index in [0.29, 0.717) is 23.1 Å². The molecule has 0 radical (unpaired) electrons. The lowest BCUT2D eigenvalue weighted by atomic mass is 9.93.